The lowest BCUT2D eigenvalue weighted by Gasteiger charge is -2.25. The number of allylic oxidation sites excluding steroid dienone is 1. The van der Waals surface area contributed by atoms with E-state index in [0.717, 1.165) is 5.56 Å². The van der Waals surface area contributed by atoms with Crippen LogP contribution in [-0.4, -0.2) is 37.3 Å². The molecule has 2 aromatic carbocycles. The number of hydrogen-bond donors (Lipinski definition) is 0. The molecule has 0 aliphatic carbocycles. The smallest absolute Gasteiger partial charge is 0.338 e. The van der Waals surface area contributed by atoms with Crippen molar-refractivity contribution in [2.45, 2.75) is 26.8 Å². The lowest BCUT2D eigenvalue weighted by atomic mass is 9.95. The summed E-state index contributed by atoms with van der Waals surface area (Å²) < 4.78 is 23.2. The van der Waals surface area contributed by atoms with Crippen LogP contribution in [0.15, 0.2) is 63.5 Å². The number of rotatable bonds is 7. The van der Waals surface area contributed by atoms with Crippen LogP contribution in [0.25, 0.3) is 6.08 Å². The Morgan fingerprint density at radius 3 is 2.41 bits per heavy atom. The third kappa shape index (κ3) is 5.19. The van der Waals surface area contributed by atoms with Crippen LogP contribution in [0.5, 0.6) is 17.2 Å². The molecule has 0 bridgehead atoms. The molecule has 2 heterocycles. The van der Waals surface area contributed by atoms with Crippen LogP contribution in [0.4, 0.5) is 0 Å². The van der Waals surface area contributed by atoms with Gasteiger partial charge in [-0.05, 0) is 55.3 Å². The third-order valence-electron chi connectivity index (χ3n) is 5.68. The Morgan fingerprint density at radius 1 is 1.08 bits per heavy atom. The van der Waals surface area contributed by atoms with Crippen LogP contribution in [-0.2, 0) is 14.3 Å². The molecule has 10 heteroatoms. The van der Waals surface area contributed by atoms with Crippen LogP contribution in [0, 0.1) is 0 Å². The Labute approximate surface area is 216 Å². The molecule has 4 rings (SSSR count). The Morgan fingerprint density at radius 2 is 1.78 bits per heavy atom. The van der Waals surface area contributed by atoms with Gasteiger partial charge in [0.05, 0.1) is 42.7 Å². The second kappa shape index (κ2) is 10.8. The first-order valence-electron chi connectivity index (χ1n) is 11.5. The fourth-order valence-electron chi connectivity index (χ4n) is 4.08. The van der Waals surface area contributed by atoms with Crippen LogP contribution >= 0.6 is 11.3 Å². The monoisotopic (exact) mass is 522 g/mol. The molecule has 0 spiro atoms. The highest BCUT2D eigenvalue weighted by Crippen LogP contribution is 2.36. The van der Waals surface area contributed by atoms with Crippen LogP contribution < -0.4 is 29.1 Å². The van der Waals surface area contributed by atoms with E-state index in [0.29, 0.717) is 37.8 Å². The minimum atomic E-state index is -0.774. The molecule has 0 fully saturated rings. The molecular formula is C27H26N2O7S. The van der Waals surface area contributed by atoms with E-state index in [1.165, 1.54) is 37.0 Å². The van der Waals surface area contributed by atoms with Crippen LogP contribution in [0.2, 0.25) is 0 Å². The highest BCUT2D eigenvalue weighted by molar-refractivity contribution is 7.07. The summed E-state index contributed by atoms with van der Waals surface area (Å²) in [5, 5.41) is 0. The maximum absolute atomic E-state index is 13.7. The zero-order valence-electron chi connectivity index (χ0n) is 21.1. The lowest BCUT2D eigenvalue weighted by Crippen LogP contribution is -2.39. The number of carbonyl (C=O) groups is 2. The number of hydrogen-bond acceptors (Lipinski definition) is 9. The summed E-state index contributed by atoms with van der Waals surface area (Å²) in [6.45, 7) is 4.96. The van der Waals surface area contributed by atoms with Gasteiger partial charge in [0, 0.05) is 6.92 Å². The molecule has 1 aliphatic heterocycles. The topological polar surface area (TPSA) is 105 Å². The van der Waals surface area contributed by atoms with Gasteiger partial charge >= 0.3 is 11.9 Å². The highest BCUT2D eigenvalue weighted by atomic mass is 32.1. The predicted octanol–water partition coefficient (Wildman–Crippen LogP) is 2.74. The van der Waals surface area contributed by atoms with E-state index in [9.17, 15) is 14.4 Å². The molecule has 1 unspecified atom stereocenters. The van der Waals surface area contributed by atoms with Crippen molar-refractivity contribution in [2.24, 2.45) is 4.99 Å². The number of fused-ring (bicyclic) bond motifs is 1. The van der Waals surface area contributed by atoms with Crippen molar-refractivity contribution in [2.75, 3.05) is 20.8 Å². The maximum atomic E-state index is 13.7. The van der Waals surface area contributed by atoms with Gasteiger partial charge in [0.1, 0.15) is 5.75 Å². The number of aromatic nitrogens is 1. The molecule has 0 saturated heterocycles. The van der Waals surface area contributed by atoms with Crippen molar-refractivity contribution >= 4 is 29.4 Å². The summed E-state index contributed by atoms with van der Waals surface area (Å²) >= 11 is 1.22. The second-order valence-electron chi connectivity index (χ2n) is 8.08. The van der Waals surface area contributed by atoms with E-state index in [4.69, 9.17) is 18.9 Å². The van der Waals surface area contributed by atoms with Gasteiger partial charge in [-0.15, -0.1) is 0 Å². The summed E-state index contributed by atoms with van der Waals surface area (Å²) in [7, 11) is 3.06. The fourth-order valence-corrected chi connectivity index (χ4v) is 5.13. The first-order valence-corrected chi connectivity index (χ1v) is 12.3. The minimum Gasteiger partial charge on any atom is -0.493 e. The summed E-state index contributed by atoms with van der Waals surface area (Å²) in [5.74, 6) is 0.444. The Balaban J connectivity index is 1.89. The first-order chi connectivity index (χ1) is 17.8. The normalized spacial score (nSPS) is 15.1. The number of thiazole rings is 1. The van der Waals surface area contributed by atoms with Crippen molar-refractivity contribution < 1.29 is 28.5 Å². The number of ether oxygens (including phenoxy) is 4. The van der Waals surface area contributed by atoms with Crippen LogP contribution in [0.3, 0.4) is 0 Å². The van der Waals surface area contributed by atoms with Gasteiger partial charge in [-0.1, -0.05) is 29.5 Å². The molecular weight excluding hydrogens is 496 g/mol. The van der Waals surface area contributed by atoms with Crippen molar-refractivity contribution in [1.82, 2.24) is 4.57 Å². The molecule has 1 atom stereocenters. The van der Waals surface area contributed by atoms with E-state index in [1.54, 1.807) is 62.4 Å². The lowest BCUT2D eigenvalue weighted by molar-refractivity contribution is -0.139. The number of carbonyl (C=O) groups excluding carboxylic acids is 2. The first kappa shape index (κ1) is 25.9. The predicted molar refractivity (Wildman–Crippen MR) is 138 cm³/mol. The molecule has 0 amide bonds. The van der Waals surface area contributed by atoms with Gasteiger partial charge < -0.3 is 18.9 Å². The zero-order valence-corrected chi connectivity index (χ0v) is 21.9. The third-order valence-corrected chi connectivity index (χ3v) is 6.66. The van der Waals surface area contributed by atoms with E-state index in [2.05, 4.69) is 4.99 Å². The molecule has 1 aromatic heterocycles. The quantitative estimate of drug-likeness (QED) is 0.347. The molecule has 37 heavy (non-hydrogen) atoms. The number of methoxy groups -OCH3 is 2. The Kier molecular flexibility index (Phi) is 7.58. The van der Waals surface area contributed by atoms with Crippen LogP contribution in [0.1, 0.15) is 37.9 Å². The van der Waals surface area contributed by atoms with Gasteiger partial charge in [-0.2, -0.15) is 0 Å². The van der Waals surface area contributed by atoms with E-state index < -0.39 is 18.0 Å². The Bertz CT molecular complexity index is 1570. The molecule has 1 aliphatic rings. The number of esters is 2. The van der Waals surface area contributed by atoms with Gasteiger partial charge in [0.15, 0.2) is 16.3 Å². The molecule has 9 nitrogen and oxygen atoms in total. The summed E-state index contributed by atoms with van der Waals surface area (Å²) in [5.41, 5.74) is 1.83. The van der Waals surface area contributed by atoms with E-state index >= 15 is 0 Å². The molecule has 192 valence electrons. The average Bonchev–Trinajstić information content (AvgIpc) is 3.17. The highest BCUT2D eigenvalue weighted by Gasteiger charge is 2.33. The summed E-state index contributed by atoms with van der Waals surface area (Å²) in [6.07, 6.45) is 1.73. The number of benzene rings is 2. The fraction of sp³-hybridized carbons (Fsp3) is 0.259. The zero-order chi connectivity index (χ0) is 26.7. The summed E-state index contributed by atoms with van der Waals surface area (Å²) in [6, 6.07) is 11.3. The molecule has 0 radical (unpaired) electrons. The van der Waals surface area contributed by atoms with Gasteiger partial charge in [0.25, 0.3) is 5.56 Å². The second-order valence-corrected chi connectivity index (χ2v) is 9.09. The van der Waals surface area contributed by atoms with Crippen molar-refractivity contribution in [3.63, 3.8) is 0 Å². The average molecular weight is 523 g/mol. The molecule has 3 aromatic rings. The molecule has 0 saturated carbocycles. The summed E-state index contributed by atoms with van der Waals surface area (Å²) in [4.78, 5) is 43.0. The maximum Gasteiger partial charge on any atom is 0.338 e. The Hall–Kier alpha value is -4.18. The SMILES string of the molecule is CCOC(=O)C1=C(C)N=c2sc(=Cc3ccc(OC(C)=O)cc3)c(=O)n2C1c1ccc(OC)c(OC)c1. The van der Waals surface area contributed by atoms with Crippen molar-refractivity contribution in [3.05, 3.63) is 84.5 Å². The standard InChI is InChI=1S/C27H26N2O7S/c1-6-35-26(32)23-15(2)28-27-29(24(23)18-9-12-20(33-4)21(14-18)34-5)25(31)22(37-27)13-17-7-10-19(11-8-17)36-16(3)30/h7-14,24H,6H2,1-5H3. The van der Waals surface area contributed by atoms with Crippen molar-refractivity contribution in [1.29, 1.82) is 0 Å². The number of nitrogens with zero attached hydrogens (tertiary/aromatic N) is 2. The van der Waals surface area contributed by atoms with Crippen molar-refractivity contribution in [3.8, 4) is 17.2 Å². The van der Waals surface area contributed by atoms with Gasteiger partial charge in [0.2, 0.25) is 0 Å². The largest absolute Gasteiger partial charge is 0.493 e. The molecule has 0 N–H and O–H groups in total. The minimum absolute atomic E-state index is 0.183. The van der Waals surface area contributed by atoms with E-state index in [-0.39, 0.29) is 17.7 Å². The van der Waals surface area contributed by atoms with Gasteiger partial charge in [-0.3, -0.25) is 14.2 Å². The van der Waals surface area contributed by atoms with Gasteiger partial charge in [-0.25, -0.2) is 9.79 Å². The van der Waals surface area contributed by atoms with E-state index in [1.807, 2.05) is 0 Å².